The Morgan fingerprint density at radius 3 is 2.39 bits per heavy atom. The summed E-state index contributed by atoms with van der Waals surface area (Å²) in [6.07, 6.45) is 1.65. The van der Waals surface area contributed by atoms with Gasteiger partial charge < -0.3 is 24.4 Å². The number of anilines is 1. The van der Waals surface area contributed by atoms with Gasteiger partial charge in [-0.1, -0.05) is 30.3 Å². The summed E-state index contributed by atoms with van der Waals surface area (Å²) in [5.41, 5.74) is 2.37. The Morgan fingerprint density at radius 2 is 1.72 bits per heavy atom. The number of benzene rings is 3. The minimum atomic E-state index is -0.374. The number of nitrogens with one attached hydrogen (secondary N) is 1. The van der Waals surface area contributed by atoms with Crippen LogP contribution in [0.3, 0.4) is 0 Å². The molecule has 3 aromatic carbocycles. The summed E-state index contributed by atoms with van der Waals surface area (Å²) in [5.74, 6) is 0.588. The van der Waals surface area contributed by atoms with Crippen molar-refractivity contribution >= 4 is 17.5 Å². The van der Waals surface area contributed by atoms with Crippen LogP contribution in [0.4, 0.5) is 5.69 Å². The van der Waals surface area contributed by atoms with Gasteiger partial charge in [-0.25, -0.2) is 0 Å². The van der Waals surface area contributed by atoms with Gasteiger partial charge in [0.15, 0.2) is 18.1 Å². The van der Waals surface area contributed by atoms with Crippen molar-refractivity contribution in [1.29, 1.82) is 5.26 Å². The highest BCUT2D eigenvalue weighted by molar-refractivity contribution is 5.95. The molecule has 1 N–H and O–H groups in total. The Hall–Kier alpha value is -4.77. The van der Waals surface area contributed by atoms with Crippen molar-refractivity contribution < 1.29 is 23.8 Å². The average Bonchev–Trinajstić information content (AvgIpc) is 2.91. The van der Waals surface area contributed by atoms with Crippen molar-refractivity contribution in [1.82, 2.24) is 4.90 Å². The summed E-state index contributed by atoms with van der Waals surface area (Å²) < 4.78 is 16.3. The van der Waals surface area contributed by atoms with Gasteiger partial charge in [-0.05, 0) is 48.0 Å². The van der Waals surface area contributed by atoms with Gasteiger partial charge in [0.1, 0.15) is 5.75 Å². The van der Waals surface area contributed by atoms with Gasteiger partial charge in [0, 0.05) is 18.7 Å². The fourth-order valence-electron chi connectivity index (χ4n) is 3.46. The van der Waals surface area contributed by atoms with Gasteiger partial charge in [0.25, 0.3) is 11.8 Å². The molecule has 0 heterocycles. The first-order valence-electron chi connectivity index (χ1n) is 11.1. The zero-order valence-electron chi connectivity index (χ0n) is 20.2. The molecule has 0 aliphatic carbocycles. The number of ether oxygens (including phenoxy) is 3. The smallest absolute Gasteiger partial charge is 0.262 e. The number of carbonyl (C=O) groups is 2. The lowest BCUT2D eigenvalue weighted by Crippen LogP contribution is -2.30. The summed E-state index contributed by atoms with van der Waals surface area (Å²) in [6, 6.07) is 21.0. The van der Waals surface area contributed by atoms with E-state index in [0.29, 0.717) is 47.2 Å². The number of hydrogen-bond acceptors (Lipinski definition) is 6. The highest BCUT2D eigenvalue weighted by atomic mass is 16.5. The van der Waals surface area contributed by atoms with E-state index in [1.165, 1.54) is 14.2 Å². The van der Waals surface area contributed by atoms with Crippen LogP contribution < -0.4 is 19.5 Å². The van der Waals surface area contributed by atoms with E-state index in [-0.39, 0.29) is 18.4 Å². The number of methoxy groups -OCH3 is 2. The highest BCUT2D eigenvalue weighted by Crippen LogP contribution is 2.29. The Labute approximate surface area is 210 Å². The van der Waals surface area contributed by atoms with Crippen LogP contribution in [0.1, 0.15) is 21.5 Å². The number of amides is 2. The zero-order valence-corrected chi connectivity index (χ0v) is 20.2. The molecule has 0 saturated heterocycles. The monoisotopic (exact) mass is 485 g/mol. The van der Waals surface area contributed by atoms with Gasteiger partial charge in [0.2, 0.25) is 0 Å². The van der Waals surface area contributed by atoms with Crippen molar-refractivity contribution in [3.05, 3.63) is 96.1 Å². The van der Waals surface area contributed by atoms with E-state index in [9.17, 15) is 9.59 Å². The van der Waals surface area contributed by atoms with E-state index in [2.05, 4.69) is 18.0 Å². The maximum absolute atomic E-state index is 13.2. The lowest BCUT2D eigenvalue weighted by molar-refractivity contribution is -0.118. The lowest BCUT2D eigenvalue weighted by atomic mass is 10.1. The fourth-order valence-corrected chi connectivity index (χ4v) is 3.46. The van der Waals surface area contributed by atoms with Crippen molar-refractivity contribution in [3.63, 3.8) is 0 Å². The van der Waals surface area contributed by atoms with Gasteiger partial charge in [-0.3, -0.25) is 9.59 Å². The molecule has 0 atom stereocenters. The van der Waals surface area contributed by atoms with Gasteiger partial charge in [-0.2, -0.15) is 5.26 Å². The van der Waals surface area contributed by atoms with Crippen LogP contribution in [0.5, 0.6) is 17.2 Å². The van der Waals surface area contributed by atoms with Gasteiger partial charge >= 0.3 is 0 Å². The molecule has 0 radical (unpaired) electrons. The summed E-state index contributed by atoms with van der Waals surface area (Å²) in [5, 5.41) is 11.7. The zero-order chi connectivity index (χ0) is 25.9. The number of carbonyl (C=O) groups excluding carboxylic acids is 2. The van der Waals surface area contributed by atoms with E-state index in [0.717, 1.165) is 5.56 Å². The predicted molar refractivity (Wildman–Crippen MR) is 136 cm³/mol. The Morgan fingerprint density at radius 1 is 1.00 bits per heavy atom. The van der Waals surface area contributed by atoms with E-state index in [1.54, 1.807) is 65.6 Å². The number of rotatable bonds is 11. The molecule has 0 bridgehead atoms. The normalized spacial score (nSPS) is 10.0. The first-order chi connectivity index (χ1) is 17.5. The first-order valence-corrected chi connectivity index (χ1v) is 11.1. The molecule has 0 aliphatic heterocycles. The average molecular weight is 486 g/mol. The third kappa shape index (κ3) is 6.64. The summed E-state index contributed by atoms with van der Waals surface area (Å²) in [4.78, 5) is 27.2. The molecule has 8 heteroatoms. The summed E-state index contributed by atoms with van der Waals surface area (Å²) in [6.45, 7) is 4.17. The number of hydrogen-bond donors (Lipinski definition) is 1. The maximum atomic E-state index is 13.2. The molecule has 0 spiro atoms. The molecule has 184 valence electrons. The van der Waals surface area contributed by atoms with Crippen LogP contribution in [0.15, 0.2) is 79.4 Å². The van der Waals surface area contributed by atoms with Crippen LogP contribution in [0.25, 0.3) is 0 Å². The van der Waals surface area contributed by atoms with Crippen molar-refractivity contribution in [2.24, 2.45) is 0 Å². The second-order valence-electron chi connectivity index (χ2n) is 7.69. The van der Waals surface area contributed by atoms with Crippen molar-refractivity contribution in [3.8, 4) is 23.3 Å². The van der Waals surface area contributed by atoms with Crippen LogP contribution in [-0.2, 0) is 11.3 Å². The number of para-hydroxylation sites is 2. The fraction of sp³-hybridized carbons (Fsp3) is 0.179. The van der Waals surface area contributed by atoms with Gasteiger partial charge in [-0.15, -0.1) is 6.58 Å². The molecule has 8 nitrogen and oxygen atoms in total. The minimum absolute atomic E-state index is 0.224. The SMILES string of the molecule is C=CCN(Cc1ccc(C#N)cc1)C(=O)c1ccc(OCC(=O)Nc2ccccc2OC)c(OC)c1. The molecule has 0 aliphatic rings. The topological polar surface area (TPSA) is 101 Å². The van der Waals surface area contributed by atoms with E-state index >= 15 is 0 Å². The lowest BCUT2D eigenvalue weighted by Gasteiger charge is -2.22. The number of nitrogens with zero attached hydrogens (tertiary/aromatic N) is 2. The highest BCUT2D eigenvalue weighted by Gasteiger charge is 2.18. The van der Waals surface area contributed by atoms with Crippen molar-refractivity contribution in [2.45, 2.75) is 6.54 Å². The van der Waals surface area contributed by atoms with Crippen LogP contribution in [-0.4, -0.2) is 44.1 Å². The van der Waals surface area contributed by atoms with Crippen molar-refractivity contribution in [2.75, 3.05) is 32.7 Å². The molecular formula is C28H27N3O5. The quantitative estimate of drug-likeness (QED) is 0.404. The molecule has 3 aromatic rings. The largest absolute Gasteiger partial charge is 0.495 e. The Balaban J connectivity index is 1.69. The van der Waals surface area contributed by atoms with Gasteiger partial charge in [0.05, 0.1) is 31.5 Å². The molecule has 36 heavy (non-hydrogen) atoms. The summed E-state index contributed by atoms with van der Waals surface area (Å²) in [7, 11) is 2.99. The maximum Gasteiger partial charge on any atom is 0.262 e. The molecular weight excluding hydrogens is 458 g/mol. The molecule has 0 unspecified atom stereocenters. The standard InChI is InChI=1S/C28H27N3O5/c1-4-15-31(18-21-11-9-20(17-29)10-12-21)28(33)22-13-14-25(26(16-22)35-3)36-19-27(32)30-23-7-5-6-8-24(23)34-2/h4-14,16H,1,15,18-19H2,2-3H3,(H,30,32). The van der Waals surface area contributed by atoms with E-state index < -0.39 is 0 Å². The summed E-state index contributed by atoms with van der Waals surface area (Å²) >= 11 is 0. The Kier molecular flexibility index (Phi) is 9.06. The van der Waals surface area contributed by atoms with E-state index in [1.807, 2.05) is 12.1 Å². The number of nitriles is 1. The minimum Gasteiger partial charge on any atom is -0.495 e. The van der Waals surface area contributed by atoms with Crippen LogP contribution >= 0.6 is 0 Å². The predicted octanol–water partition coefficient (Wildman–Crippen LogP) is 4.42. The first kappa shape index (κ1) is 25.8. The third-order valence-electron chi connectivity index (χ3n) is 5.24. The third-order valence-corrected chi connectivity index (χ3v) is 5.24. The molecule has 0 fully saturated rings. The second-order valence-corrected chi connectivity index (χ2v) is 7.69. The van der Waals surface area contributed by atoms with Crippen LogP contribution in [0, 0.1) is 11.3 Å². The molecule has 0 saturated carbocycles. The van der Waals surface area contributed by atoms with E-state index in [4.69, 9.17) is 19.5 Å². The Bertz CT molecular complexity index is 1260. The molecule has 0 aromatic heterocycles. The molecule has 3 rings (SSSR count). The second kappa shape index (κ2) is 12.6. The van der Waals surface area contributed by atoms with Crippen LogP contribution in [0.2, 0.25) is 0 Å². The molecule has 2 amide bonds.